The molecule has 0 saturated heterocycles. The van der Waals surface area contributed by atoms with Crippen molar-refractivity contribution in [3.05, 3.63) is 50.3 Å². The quantitative estimate of drug-likeness (QED) is 0.247. The van der Waals surface area contributed by atoms with Crippen molar-refractivity contribution in [3.63, 3.8) is 0 Å². The molecule has 0 unspecified atom stereocenters. The van der Waals surface area contributed by atoms with E-state index in [2.05, 4.69) is 4.98 Å². The minimum atomic E-state index is -2.90. The molecular weight excluding hydrogens is 214 g/mol. The van der Waals surface area contributed by atoms with Crippen LogP contribution in [0, 0.1) is 20.2 Å². The first kappa shape index (κ1) is 10.3. The lowest BCUT2D eigenvalue weighted by atomic mass is 10.3. The lowest BCUT2D eigenvalue weighted by Gasteiger charge is -2.07. The van der Waals surface area contributed by atoms with Crippen LogP contribution in [0.25, 0.3) is 0 Å². The fraction of sp³-hybridized carbons (Fsp3) is 0.167. The minimum absolute atomic E-state index is 0.420. The molecule has 0 N–H and O–H groups in total. The lowest BCUT2D eigenvalue weighted by Crippen LogP contribution is -2.38. The fourth-order valence-electron chi connectivity index (χ4n) is 0.805. The maximum atomic E-state index is 10.5. The zero-order valence-electron chi connectivity index (χ0n) is 6.66. The van der Waals surface area contributed by atoms with Crippen molar-refractivity contribution >= 4 is 11.6 Å². The molecule has 0 bridgehead atoms. The molecule has 0 amide bonds. The van der Waals surface area contributed by atoms with E-state index in [-0.39, 0.29) is 0 Å². The highest BCUT2D eigenvalue weighted by Crippen LogP contribution is 2.28. The smallest absolute Gasteiger partial charge is 0.257 e. The van der Waals surface area contributed by atoms with E-state index in [9.17, 15) is 20.2 Å². The third kappa shape index (κ3) is 1.49. The molecule has 0 fully saturated rings. The summed E-state index contributed by atoms with van der Waals surface area (Å²) in [5, 5.41) is 18.0. The van der Waals surface area contributed by atoms with Crippen LogP contribution in [-0.2, 0) is 5.12 Å². The van der Waals surface area contributed by atoms with Gasteiger partial charge in [-0.05, 0) is 12.1 Å². The van der Waals surface area contributed by atoms with Crippen LogP contribution in [0.15, 0.2) is 24.4 Å². The van der Waals surface area contributed by atoms with Gasteiger partial charge < -0.3 is 0 Å². The Labute approximate surface area is 82.6 Å². The van der Waals surface area contributed by atoms with Gasteiger partial charge in [0.15, 0.2) is 0 Å². The molecule has 1 heterocycles. The molecule has 0 atom stereocenters. The van der Waals surface area contributed by atoms with Crippen molar-refractivity contribution in [1.82, 2.24) is 4.98 Å². The van der Waals surface area contributed by atoms with Crippen molar-refractivity contribution in [2.75, 3.05) is 0 Å². The van der Waals surface area contributed by atoms with Crippen LogP contribution in [0.1, 0.15) is 5.69 Å². The van der Waals surface area contributed by atoms with Crippen LogP contribution in [0.2, 0.25) is 0 Å². The highest BCUT2D eigenvalue weighted by Gasteiger charge is 2.58. The Hall–Kier alpha value is -1.76. The highest BCUT2D eigenvalue weighted by atomic mass is 35.5. The molecule has 8 heteroatoms. The van der Waals surface area contributed by atoms with E-state index in [0.717, 1.165) is 6.07 Å². The number of nitrogens with zero attached hydrogens (tertiary/aromatic N) is 3. The molecule has 14 heavy (non-hydrogen) atoms. The van der Waals surface area contributed by atoms with Gasteiger partial charge in [-0.1, -0.05) is 6.07 Å². The summed E-state index contributed by atoms with van der Waals surface area (Å²) in [7, 11) is 0. The van der Waals surface area contributed by atoms with Crippen molar-refractivity contribution in [3.8, 4) is 0 Å². The summed E-state index contributed by atoms with van der Waals surface area (Å²) >= 11 is 5.27. The van der Waals surface area contributed by atoms with E-state index in [1.165, 1.54) is 18.3 Å². The molecular formula is C6H4ClN3O4. The van der Waals surface area contributed by atoms with Gasteiger partial charge in [-0.3, -0.25) is 20.2 Å². The number of pyridine rings is 1. The fourth-order valence-corrected chi connectivity index (χ4v) is 0.916. The number of halogens is 1. The van der Waals surface area contributed by atoms with E-state index >= 15 is 0 Å². The van der Waals surface area contributed by atoms with Crippen molar-refractivity contribution in [2.45, 2.75) is 5.12 Å². The van der Waals surface area contributed by atoms with Crippen molar-refractivity contribution in [2.24, 2.45) is 0 Å². The summed E-state index contributed by atoms with van der Waals surface area (Å²) in [5.41, 5.74) is -0.420. The Morgan fingerprint density at radius 2 is 1.86 bits per heavy atom. The van der Waals surface area contributed by atoms with Crippen LogP contribution in [-0.4, -0.2) is 14.8 Å². The van der Waals surface area contributed by atoms with Crippen molar-refractivity contribution in [1.29, 1.82) is 0 Å². The van der Waals surface area contributed by atoms with E-state index in [0.29, 0.717) is 0 Å². The average molecular weight is 218 g/mol. The van der Waals surface area contributed by atoms with Gasteiger partial charge >= 0.3 is 5.12 Å². The second kappa shape index (κ2) is 3.54. The van der Waals surface area contributed by atoms with Gasteiger partial charge in [0.05, 0.1) is 11.6 Å². The van der Waals surface area contributed by atoms with Gasteiger partial charge in [0.25, 0.3) is 0 Å². The van der Waals surface area contributed by atoms with E-state index in [1.807, 2.05) is 0 Å². The van der Waals surface area contributed by atoms with Crippen molar-refractivity contribution < 1.29 is 9.85 Å². The molecule has 7 nitrogen and oxygen atoms in total. The third-order valence-electron chi connectivity index (χ3n) is 1.47. The first-order chi connectivity index (χ1) is 6.49. The predicted octanol–water partition coefficient (Wildman–Crippen LogP) is 0.984. The predicted molar refractivity (Wildman–Crippen MR) is 45.8 cm³/mol. The van der Waals surface area contributed by atoms with E-state index < -0.39 is 20.7 Å². The van der Waals surface area contributed by atoms with Gasteiger partial charge in [0, 0.05) is 6.20 Å². The number of alkyl halides is 1. The van der Waals surface area contributed by atoms with E-state index in [4.69, 9.17) is 11.6 Å². The Bertz CT molecular complexity index is 355. The summed E-state index contributed by atoms with van der Waals surface area (Å²) in [6.07, 6.45) is 1.19. The molecule has 0 aromatic carbocycles. The summed E-state index contributed by atoms with van der Waals surface area (Å²) in [6, 6.07) is 3.98. The van der Waals surface area contributed by atoms with Gasteiger partial charge in [-0.15, -0.1) is 0 Å². The first-order valence-electron chi connectivity index (χ1n) is 3.39. The molecule has 0 aliphatic carbocycles. The largest absolute Gasteiger partial charge is 0.580 e. The molecule has 0 aliphatic rings. The summed E-state index contributed by atoms with van der Waals surface area (Å²) in [6.45, 7) is 0. The topological polar surface area (TPSA) is 99.2 Å². The van der Waals surface area contributed by atoms with Gasteiger partial charge in [-0.2, -0.15) is 0 Å². The highest BCUT2D eigenvalue weighted by molar-refractivity contribution is 6.21. The minimum Gasteiger partial charge on any atom is -0.257 e. The van der Waals surface area contributed by atoms with Crippen LogP contribution < -0.4 is 0 Å². The number of hydrogen-bond acceptors (Lipinski definition) is 5. The third-order valence-corrected chi connectivity index (χ3v) is 1.94. The Morgan fingerprint density at radius 3 is 2.21 bits per heavy atom. The molecule has 74 valence electrons. The monoisotopic (exact) mass is 217 g/mol. The zero-order valence-corrected chi connectivity index (χ0v) is 7.42. The summed E-state index contributed by atoms with van der Waals surface area (Å²) in [5.74, 6) is 0. The number of nitro groups is 2. The van der Waals surface area contributed by atoms with Crippen LogP contribution in [0.3, 0.4) is 0 Å². The second-order valence-corrected chi connectivity index (χ2v) is 2.84. The standard InChI is InChI=1S/C6H4ClN3O4/c7-6(9(11)12,10(13)14)5-3-1-2-4-8-5/h1-4H. The molecule has 0 saturated carbocycles. The molecule has 1 rings (SSSR count). The summed E-state index contributed by atoms with van der Waals surface area (Å²) in [4.78, 5) is 22.0. The Kier molecular flexibility index (Phi) is 2.61. The first-order valence-corrected chi connectivity index (χ1v) is 3.76. The van der Waals surface area contributed by atoms with Crippen LogP contribution in [0.5, 0.6) is 0 Å². The SMILES string of the molecule is O=[N+]([O-])C(Cl)(c1ccccn1)[N+](=O)[O-]. The van der Waals surface area contributed by atoms with E-state index in [1.54, 1.807) is 0 Å². The lowest BCUT2D eigenvalue weighted by molar-refractivity contribution is -0.779. The van der Waals surface area contributed by atoms with Crippen LogP contribution >= 0.6 is 11.6 Å². The number of aromatic nitrogens is 1. The molecule has 0 aliphatic heterocycles. The maximum absolute atomic E-state index is 10.5. The Balaban J connectivity index is 3.27. The molecule has 0 radical (unpaired) electrons. The van der Waals surface area contributed by atoms with Gasteiger partial charge in [-0.25, -0.2) is 4.98 Å². The second-order valence-electron chi connectivity index (χ2n) is 2.32. The van der Waals surface area contributed by atoms with Crippen LogP contribution in [0.4, 0.5) is 0 Å². The normalized spacial score (nSPS) is 10.9. The maximum Gasteiger partial charge on any atom is 0.580 e. The molecule has 1 aromatic rings. The number of hydrogen-bond donors (Lipinski definition) is 0. The average Bonchev–Trinajstić information content (AvgIpc) is 2.17. The Morgan fingerprint density at radius 1 is 1.29 bits per heavy atom. The molecule has 0 spiro atoms. The number of rotatable bonds is 3. The molecule has 1 aromatic heterocycles. The summed E-state index contributed by atoms with van der Waals surface area (Å²) < 4.78 is 0. The van der Waals surface area contributed by atoms with Gasteiger partial charge in [0.2, 0.25) is 5.69 Å². The zero-order chi connectivity index (χ0) is 10.8. The van der Waals surface area contributed by atoms with Gasteiger partial charge in [0.1, 0.15) is 9.85 Å².